The Bertz CT molecular complexity index is 483. The molecule has 4 heteroatoms. The first kappa shape index (κ1) is 14.5. The second kappa shape index (κ2) is 7.01. The van der Waals surface area contributed by atoms with Crippen LogP contribution in [0.2, 0.25) is 5.02 Å². The first-order chi connectivity index (χ1) is 8.58. The lowest BCUT2D eigenvalue weighted by Gasteiger charge is -2.25. The summed E-state index contributed by atoms with van der Waals surface area (Å²) in [7, 11) is 0. The van der Waals surface area contributed by atoms with E-state index in [1.165, 1.54) is 0 Å². The van der Waals surface area contributed by atoms with E-state index in [1.807, 2.05) is 6.07 Å². The van der Waals surface area contributed by atoms with Gasteiger partial charge in [-0.15, -0.1) is 0 Å². The van der Waals surface area contributed by atoms with Crippen molar-refractivity contribution in [2.24, 2.45) is 0 Å². The van der Waals surface area contributed by atoms with Gasteiger partial charge >= 0.3 is 0 Å². The fourth-order valence-electron chi connectivity index (χ4n) is 1.68. The first-order valence-corrected chi connectivity index (χ1v) is 6.25. The summed E-state index contributed by atoms with van der Waals surface area (Å²) in [5.41, 5.74) is 1.55. The molecular formula is C14H16ClN3. The van der Waals surface area contributed by atoms with Crippen LogP contribution in [0, 0.1) is 22.7 Å². The van der Waals surface area contributed by atoms with Gasteiger partial charge in [0.2, 0.25) is 0 Å². The van der Waals surface area contributed by atoms with E-state index in [2.05, 4.69) is 30.9 Å². The van der Waals surface area contributed by atoms with Gasteiger partial charge in [0.05, 0.1) is 17.7 Å². The molecule has 0 saturated heterocycles. The van der Waals surface area contributed by atoms with Crippen LogP contribution in [0.5, 0.6) is 0 Å². The Morgan fingerprint density at radius 2 is 2.06 bits per heavy atom. The maximum Gasteiger partial charge on any atom is 0.0992 e. The van der Waals surface area contributed by atoms with Crippen LogP contribution in [0.4, 0.5) is 0 Å². The van der Waals surface area contributed by atoms with E-state index in [1.54, 1.807) is 12.1 Å². The average Bonchev–Trinajstić information content (AvgIpc) is 2.35. The molecule has 0 aliphatic heterocycles. The quantitative estimate of drug-likeness (QED) is 0.817. The molecule has 3 nitrogen and oxygen atoms in total. The monoisotopic (exact) mass is 261 g/mol. The zero-order valence-electron chi connectivity index (χ0n) is 10.7. The van der Waals surface area contributed by atoms with E-state index < -0.39 is 0 Å². The van der Waals surface area contributed by atoms with Gasteiger partial charge in [0, 0.05) is 30.6 Å². The van der Waals surface area contributed by atoms with E-state index >= 15 is 0 Å². The fraction of sp³-hybridized carbons (Fsp3) is 0.429. The van der Waals surface area contributed by atoms with Crippen molar-refractivity contribution in [3.05, 3.63) is 34.3 Å². The van der Waals surface area contributed by atoms with Crippen molar-refractivity contribution in [1.29, 1.82) is 10.5 Å². The second-order valence-corrected chi connectivity index (χ2v) is 4.80. The highest BCUT2D eigenvalue weighted by atomic mass is 35.5. The van der Waals surface area contributed by atoms with Gasteiger partial charge in [0.25, 0.3) is 0 Å². The number of rotatable bonds is 5. The van der Waals surface area contributed by atoms with Crippen LogP contribution in [-0.2, 0) is 6.54 Å². The SMILES string of the molecule is CC(C)N(CCC#N)Cc1ccc(C#N)cc1Cl. The molecule has 0 bridgehead atoms. The highest BCUT2D eigenvalue weighted by Gasteiger charge is 2.12. The zero-order chi connectivity index (χ0) is 13.5. The molecule has 0 N–H and O–H groups in total. The Morgan fingerprint density at radius 1 is 1.33 bits per heavy atom. The lowest BCUT2D eigenvalue weighted by atomic mass is 10.1. The van der Waals surface area contributed by atoms with Crippen LogP contribution < -0.4 is 0 Å². The number of hydrogen-bond acceptors (Lipinski definition) is 3. The molecule has 94 valence electrons. The minimum atomic E-state index is 0.352. The molecule has 0 aliphatic rings. The summed E-state index contributed by atoms with van der Waals surface area (Å²) in [4.78, 5) is 2.19. The molecule has 1 aromatic rings. The Morgan fingerprint density at radius 3 is 2.56 bits per heavy atom. The molecular weight excluding hydrogens is 246 g/mol. The Balaban J connectivity index is 2.81. The maximum absolute atomic E-state index is 8.78. The Labute approximate surface area is 113 Å². The molecule has 0 fully saturated rings. The van der Waals surface area contributed by atoms with E-state index in [9.17, 15) is 0 Å². The molecule has 0 amide bonds. The molecule has 1 rings (SSSR count). The normalized spacial score (nSPS) is 10.4. The predicted octanol–water partition coefficient (Wildman–Crippen LogP) is 3.34. The molecule has 18 heavy (non-hydrogen) atoms. The standard InChI is InChI=1S/C14H16ClN3/c1-11(2)18(7-3-6-16)10-13-5-4-12(9-17)8-14(13)15/h4-5,8,11H,3,7,10H2,1-2H3. The number of nitriles is 2. The van der Waals surface area contributed by atoms with Crippen molar-refractivity contribution in [3.63, 3.8) is 0 Å². The van der Waals surface area contributed by atoms with Crippen LogP contribution in [0.25, 0.3) is 0 Å². The molecule has 0 radical (unpaired) electrons. The van der Waals surface area contributed by atoms with Gasteiger partial charge in [-0.1, -0.05) is 17.7 Å². The van der Waals surface area contributed by atoms with Gasteiger partial charge in [0.15, 0.2) is 0 Å². The van der Waals surface area contributed by atoms with Crippen molar-refractivity contribution in [2.45, 2.75) is 32.9 Å². The predicted molar refractivity (Wildman–Crippen MR) is 71.9 cm³/mol. The molecule has 0 spiro atoms. The Hall–Kier alpha value is -1.55. The lowest BCUT2D eigenvalue weighted by molar-refractivity contribution is 0.218. The molecule has 1 aromatic carbocycles. The molecule has 0 aliphatic carbocycles. The largest absolute Gasteiger partial charge is 0.296 e. The molecule has 0 heterocycles. The molecule has 0 saturated carbocycles. The second-order valence-electron chi connectivity index (χ2n) is 4.39. The van der Waals surface area contributed by atoms with Crippen molar-refractivity contribution >= 4 is 11.6 Å². The maximum atomic E-state index is 8.78. The molecule has 0 aromatic heterocycles. The number of nitrogens with zero attached hydrogens (tertiary/aromatic N) is 3. The van der Waals surface area contributed by atoms with Crippen LogP contribution in [0.3, 0.4) is 0 Å². The number of halogens is 1. The van der Waals surface area contributed by atoms with E-state index in [0.29, 0.717) is 29.6 Å². The van der Waals surface area contributed by atoms with Gasteiger partial charge < -0.3 is 0 Å². The fourth-order valence-corrected chi connectivity index (χ4v) is 1.92. The zero-order valence-corrected chi connectivity index (χ0v) is 11.4. The lowest BCUT2D eigenvalue weighted by Crippen LogP contribution is -2.31. The number of hydrogen-bond donors (Lipinski definition) is 0. The molecule has 0 unspecified atom stereocenters. The van der Waals surface area contributed by atoms with Gasteiger partial charge in [-0.3, -0.25) is 4.90 Å². The summed E-state index contributed by atoms with van der Waals surface area (Å²) in [5, 5.41) is 18.0. The van der Waals surface area contributed by atoms with Crippen molar-refractivity contribution < 1.29 is 0 Å². The van der Waals surface area contributed by atoms with Gasteiger partial charge in [-0.25, -0.2) is 0 Å². The van der Waals surface area contributed by atoms with Crippen LogP contribution >= 0.6 is 11.6 Å². The highest BCUT2D eigenvalue weighted by Crippen LogP contribution is 2.20. The first-order valence-electron chi connectivity index (χ1n) is 5.88. The summed E-state index contributed by atoms with van der Waals surface area (Å²) in [6.45, 7) is 5.61. The summed E-state index contributed by atoms with van der Waals surface area (Å²) in [6.07, 6.45) is 0.506. The highest BCUT2D eigenvalue weighted by molar-refractivity contribution is 6.31. The third kappa shape index (κ3) is 4.04. The van der Waals surface area contributed by atoms with Crippen LogP contribution in [0.1, 0.15) is 31.4 Å². The van der Waals surface area contributed by atoms with Crippen LogP contribution in [0.15, 0.2) is 18.2 Å². The smallest absolute Gasteiger partial charge is 0.0992 e. The topological polar surface area (TPSA) is 50.8 Å². The molecule has 0 atom stereocenters. The van der Waals surface area contributed by atoms with Gasteiger partial charge in [-0.2, -0.15) is 10.5 Å². The summed E-state index contributed by atoms with van der Waals surface area (Å²) >= 11 is 6.15. The van der Waals surface area contributed by atoms with Crippen molar-refractivity contribution in [2.75, 3.05) is 6.54 Å². The van der Waals surface area contributed by atoms with Crippen molar-refractivity contribution in [1.82, 2.24) is 4.90 Å². The summed E-state index contributed by atoms with van der Waals surface area (Å²) < 4.78 is 0. The third-order valence-corrected chi connectivity index (χ3v) is 3.15. The van der Waals surface area contributed by atoms with Gasteiger partial charge in [0.1, 0.15) is 0 Å². The van der Waals surface area contributed by atoms with Crippen LogP contribution in [-0.4, -0.2) is 17.5 Å². The summed E-state index contributed by atoms with van der Waals surface area (Å²) in [5.74, 6) is 0. The van der Waals surface area contributed by atoms with Gasteiger partial charge in [-0.05, 0) is 31.5 Å². The van der Waals surface area contributed by atoms with Crippen molar-refractivity contribution in [3.8, 4) is 12.1 Å². The minimum Gasteiger partial charge on any atom is -0.296 e. The third-order valence-electron chi connectivity index (χ3n) is 2.80. The van der Waals surface area contributed by atoms with E-state index in [0.717, 1.165) is 12.1 Å². The van der Waals surface area contributed by atoms with E-state index in [4.69, 9.17) is 22.1 Å². The Kier molecular flexibility index (Phi) is 5.65. The van der Waals surface area contributed by atoms with E-state index in [-0.39, 0.29) is 0 Å². The number of benzene rings is 1. The minimum absolute atomic E-state index is 0.352. The summed E-state index contributed by atoms with van der Waals surface area (Å²) in [6, 6.07) is 9.90. The average molecular weight is 262 g/mol.